The molecule has 0 bridgehead atoms. The molecule has 0 spiro atoms. The summed E-state index contributed by atoms with van der Waals surface area (Å²) < 4.78 is 13.0. The highest BCUT2D eigenvalue weighted by Gasteiger charge is 2.28. The zero-order chi connectivity index (χ0) is 25.9. The average molecular weight is 501 g/mol. The molecule has 8 nitrogen and oxygen atoms in total. The Morgan fingerprint density at radius 2 is 1.65 bits per heavy atom. The summed E-state index contributed by atoms with van der Waals surface area (Å²) in [5.74, 6) is 1.54. The van der Waals surface area contributed by atoms with E-state index in [9.17, 15) is 0 Å². The highest BCUT2D eigenvalue weighted by atomic mass is 16.5. The molecule has 1 saturated carbocycles. The molecule has 0 radical (unpaired) electrons. The molecule has 1 fully saturated rings. The van der Waals surface area contributed by atoms with Crippen LogP contribution in [0, 0.1) is 0 Å². The van der Waals surface area contributed by atoms with Gasteiger partial charge in [-0.15, -0.1) is 0 Å². The lowest BCUT2D eigenvalue weighted by molar-refractivity contribution is 0.324. The van der Waals surface area contributed by atoms with Crippen LogP contribution < -0.4 is 19.7 Å². The van der Waals surface area contributed by atoms with Gasteiger partial charge in [-0.2, -0.15) is 5.10 Å². The van der Waals surface area contributed by atoms with Gasteiger partial charge in [0.15, 0.2) is 0 Å². The van der Waals surface area contributed by atoms with E-state index in [0.717, 1.165) is 70.8 Å². The Hall–Kier alpha value is -3.65. The highest BCUT2D eigenvalue weighted by Crippen LogP contribution is 2.39. The zero-order valence-electron chi connectivity index (χ0n) is 22.3. The lowest BCUT2D eigenvalue weighted by Crippen LogP contribution is -2.42. The normalized spacial score (nSPS) is 17.8. The van der Waals surface area contributed by atoms with Gasteiger partial charge in [0.1, 0.15) is 11.5 Å². The second kappa shape index (κ2) is 10.8. The van der Waals surface area contributed by atoms with Crippen LogP contribution in [0.3, 0.4) is 0 Å². The molecule has 5 rings (SSSR count). The molecular formula is C29H36N6O2. The molecule has 4 aromatic rings. The largest absolute Gasteiger partial charge is 0.497 e. The number of hydrogen-bond donors (Lipinski definition) is 1. The molecule has 2 aromatic heterocycles. The summed E-state index contributed by atoms with van der Waals surface area (Å²) in [6.45, 7) is 4.44. The number of aryl methyl sites for hydroxylation is 1. The van der Waals surface area contributed by atoms with Gasteiger partial charge in [0.05, 0.1) is 43.3 Å². The molecule has 0 aliphatic heterocycles. The van der Waals surface area contributed by atoms with Crippen molar-refractivity contribution >= 4 is 22.4 Å². The van der Waals surface area contributed by atoms with E-state index in [4.69, 9.17) is 14.5 Å². The quantitative estimate of drug-likeness (QED) is 0.343. The molecule has 0 amide bonds. The van der Waals surface area contributed by atoms with Gasteiger partial charge < -0.3 is 19.7 Å². The third-order valence-electron chi connectivity index (χ3n) is 7.05. The van der Waals surface area contributed by atoms with Crippen LogP contribution >= 0.6 is 0 Å². The Morgan fingerprint density at radius 3 is 2.27 bits per heavy atom. The first-order valence-corrected chi connectivity index (χ1v) is 13.0. The van der Waals surface area contributed by atoms with Crippen molar-refractivity contribution in [1.82, 2.24) is 25.1 Å². The number of nitrogens with zero attached hydrogens (tertiary/aromatic N) is 5. The number of ether oxygens (including phenoxy) is 2. The van der Waals surface area contributed by atoms with E-state index in [1.165, 1.54) is 0 Å². The average Bonchev–Trinajstić information content (AvgIpc) is 3.35. The number of benzene rings is 2. The maximum atomic E-state index is 5.62. The van der Waals surface area contributed by atoms with Gasteiger partial charge in [0.2, 0.25) is 0 Å². The fourth-order valence-corrected chi connectivity index (χ4v) is 5.32. The van der Waals surface area contributed by atoms with Crippen molar-refractivity contribution in [3.05, 3.63) is 55.0 Å². The molecule has 1 aliphatic rings. The fourth-order valence-electron chi connectivity index (χ4n) is 5.32. The number of fused-ring (bicyclic) bond motifs is 1. The van der Waals surface area contributed by atoms with E-state index in [-0.39, 0.29) is 0 Å². The molecule has 1 N–H and O–H groups in total. The minimum absolute atomic E-state index is 0.342. The molecule has 0 unspecified atom stereocenters. The van der Waals surface area contributed by atoms with Crippen molar-refractivity contribution < 1.29 is 9.47 Å². The maximum Gasteiger partial charge on any atom is 0.124 e. The van der Waals surface area contributed by atoms with Crippen LogP contribution in [-0.4, -0.2) is 52.1 Å². The van der Waals surface area contributed by atoms with E-state index in [2.05, 4.69) is 64.5 Å². The first-order valence-electron chi connectivity index (χ1n) is 13.0. The number of aromatic nitrogens is 4. The number of methoxy groups -OCH3 is 2. The summed E-state index contributed by atoms with van der Waals surface area (Å²) in [6.07, 6.45) is 10.0. The number of hydrogen-bond acceptors (Lipinski definition) is 7. The monoisotopic (exact) mass is 500 g/mol. The number of nitrogens with one attached hydrogen (secondary N) is 1. The highest BCUT2D eigenvalue weighted by molar-refractivity contribution is 5.83. The van der Waals surface area contributed by atoms with Crippen molar-refractivity contribution in [3.8, 4) is 22.8 Å². The van der Waals surface area contributed by atoms with Crippen LogP contribution in [0.5, 0.6) is 11.5 Å². The van der Waals surface area contributed by atoms with Gasteiger partial charge in [-0.25, -0.2) is 4.98 Å². The molecular weight excluding hydrogens is 464 g/mol. The summed E-state index contributed by atoms with van der Waals surface area (Å²) >= 11 is 0. The predicted octanol–water partition coefficient (Wildman–Crippen LogP) is 5.49. The summed E-state index contributed by atoms with van der Waals surface area (Å²) in [5, 5.41) is 8.01. The van der Waals surface area contributed by atoms with Gasteiger partial charge in [0, 0.05) is 66.5 Å². The Bertz CT molecular complexity index is 1340. The third kappa shape index (κ3) is 5.54. The first kappa shape index (κ1) is 25.0. The Labute approximate surface area is 218 Å². The summed E-state index contributed by atoms with van der Waals surface area (Å²) in [5.41, 5.74) is 5.62. The second-order valence-corrected chi connectivity index (χ2v) is 10.1. The summed E-state index contributed by atoms with van der Waals surface area (Å²) in [6, 6.07) is 13.8. The van der Waals surface area contributed by atoms with E-state index < -0.39 is 0 Å². The van der Waals surface area contributed by atoms with Crippen molar-refractivity contribution in [3.63, 3.8) is 0 Å². The van der Waals surface area contributed by atoms with Gasteiger partial charge in [-0.05, 0) is 43.9 Å². The van der Waals surface area contributed by atoms with Gasteiger partial charge in [0.25, 0.3) is 0 Å². The predicted molar refractivity (Wildman–Crippen MR) is 148 cm³/mol. The first-order chi connectivity index (χ1) is 17.9. The summed E-state index contributed by atoms with van der Waals surface area (Å²) in [7, 11) is 5.29. The van der Waals surface area contributed by atoms with Crippen molar-refractivity contribution in [1.29, 1.82) is 0 Å². The summed E-state index contributed by atoms with van der Waals surface area (Å²) in [4.78, 5) is 12.1. The topological polar surface area (TPSA) is 77.3 Å². The van der Waals surface area contributed by atoms with Crippen molar-refractivity contribution in [2.24, 2.45) is 7.05 Å². The van der Waals surface area contributed by atoms with Gasteiger partial charge in [-0.1, -0.05) is 13.8 Å². The van der Waals surface area contributed by atoms with Crippen LogP contribution in [0.15, 0.2) is 55.0 Å². The Morgan fingerprint density at radius 1 is 0.919 bits per heavy atom. The second-order valence-electron chi connectivity index (χ2n) is 10.1. The van der Waals surface area contributed by atoms with Crippen LogP contribution in [-0.2, 0) is 7.05 Å². The van der Waals surface area contributed by atoms with E-state index >= 15 is 0 Å². The number of rotatable bonds is 8. The van der Waals surface area contributed by atoms with Crippen LogP contribution in [0.25, 0.3) is 22.3 Å². The van der Waals surface area contributed by atoms with Gasteiger partial charge >= 0.3 is 0 Å². The maximum absolute atomic E-state index is 5.62. The molecule has 2 heterocycles. The van der Waals surface area contributed by atoms with Crippen LogP contribution in [0.1, 0.15) is 39.5 Å². The van der Waals surface area contributed by atoms with E-state index in [1.807, 2.05) is 31.7 Å². The van der Waals surface area contributed by atoms with Crippen LogP contribution in [0.2, 0.25) is 0 Å². The lowest BCUT2D eigenvalue weighted by Gasteiger charge is -2.39. The Kier molecular flexibility index (Phi) is 7.28. The molecule has 1 aliphatic carbocycles. The minimum atomic E-state index is 0.342. The van der Waals surface area contributed by atoms with Crippen molar-refractivity contribution in [2.75, 3.05) is 19.1 Å². The fraction of sp³-hybridized carbons (Fsp3) is 0.414. The molecule has 194 valence electrons. The van der Waals surface area contributed by atoms with Gasteiger partial charge in [-0.3, -0.25) is 9.67 Å². The minimum Gasteiger partial charge on any atom is -0.497 e. The molecule has 0 saturated heterocycles. The molecule has 8 heteroatoms. The van der Waals surface area contributed by atoms with Crippen LogP contribution in [0.4, 0.5) is 11.4 Å². The molecule has 37 heavy (non-hydrogen) atoms. The third-order valence-corrected chi connectivity index (χ3v) is 7.05. The molecule has 2 aromatic carbocycles. The van der Waals surface area contributed by atoms with E-state index in [0.29, 0.717) is 18.1 Å². The SMILES string of the molecule is COc1cc(OC)cc(N(c2ccc3ncc(-c4cnn(C)c4)nc3c2)[C@H]2CC[C@H](NC(C)C)CC2)c1. The lowest BCUT2D eigenvalue weighted by atomic mass is 9.89. The Balaban J connectivity index is 1.55. The standard InChI is InChI=1S/C29H36N6O2/c1-19(2)32-21-6-8-22(9-7-21)35(24-12-25(36-4)15-26(13-24)37-5)23-10-11-27-28(14-23)33-29(17-30-27)20-16-31-34(3)18-20/h10-19,21-22,32H,6-9H2,1-5H3/t21-,22-. The number of anilines is 2. The smallest absolute Gasteiger partial charge is 0.124 e. The van der Waals surface area contributed by atoms with E-state index in [1.54, 1.807) is 18.9 Å². The van der Waals surface area contributed by atoms with Crippen molar-refractivity contribution in [2.45, 2.75) is 57.7 Å². The zero-order valence-corrected chi connectivity index (χ0v) is 22.3. The molecule has 0 atom stereocenters.